The van der Waals surface area contributed by atoms with Crippen molar-refractivity contribution in [3.63, 3.8) is 0 Å². The van der Waals surface area contributed by atoms with Crippen LogP contribution in [0, 0.1) is 0 Å². The number of anilines is 1. The van der Waals surface area contributed by atoms with Gasteiger partial charge in [-0.2, -0.15) is 4.98 Å². The number of nitrogens with zero attached hydrogens (tertiary/aromatic N) is 5. The van der Waals surface area contributed by atoms with Crippen LogP contribution in [-0.2, 0) is 4.79 Å². The number of amides is 1. The van der Waals surface area contributed by atoms with Gasteiger partial charge in [0, 0.05) is 46.8 Å². The second-order valence-electron chi connectivity index (χ2n) is 8.29. The Labute approximate surface area is 193 Å². The monoisotopic (exact) mass is 458 g/mol. The van der Waals surface area contributed by atoms with Gasteiger partial charge in [-0.15, -0.1) is 0 Å². The molecule has 0 aliphatic carbocycles. The molecule has 164 valence electrons. The molecule has 2 aliphatic rings. The van der Waals surface area contributed by atoms with Crippen LogP contribution in [0.15, 0.2) is 60.2 Å². The molecule has 3 aromatic heterocycles. The van der Waals surface area contributed by atoms with Gasteiger partial charge in [0.05, 0.1) is 23.2 Å². The summed E-state index contributed by atoms with van der Waals surface area (Å²) in [6.07, 6.45) is 5.67. The summed E-state index contributed by atoms with van der Waals surface area (Å²) < 4.78 is 0. The summed E-state index contributed by atoms with van der Waals surface area (Å²) in [6.45, 7) is 4.89. The number of fused-ring (bicyclic) bond motifs is 3. The molecule has 2 atom stereocenters. The van der Waals surface area contributed by atoms with E-state index in [0.29, 0.717) is 35.3 Å². The highest BCUT2D eigenvalue weighted by Gasteiger charge is 2.49. The molecular weight excluding hydrogens is 440 g/mol. The molecule has 1 aromatic carbocycles. The number of likely N-dealkylation sites (tertiary alicyclic amines) is 1. The third kappa shape index (κ3) is 3.01. The smallest absolute Gasteiger partial charge is 0.348 e. The van der Waals surface area contributed by atoms with Crippen LogP contribution >= 0.6 is 11.6 Å². The van der Waals surface area contributed by atoms with Gasteiger partial charge in [0.25, 0.3) is 0 Å². The number of nitrogens with one attached hydrogen (secondary N) is 1. The van der Waals surface area contributed by atoms with E-state index in [0.717, 1.165) is 28.1 Å². The molecule has 0 spiro atoms. The van der Waals surface area contributed by atoms with Crippen molar-refractivity contribution in [3.05, 3.63) is 70.9 Å². The maximum absolute atomic E-state index is 12.4. The zero-order chi connectivity index (χ0) is 22.7. The minimum Gasteiger partial charge on any atom is -0.348 e. The van der Waals surface area contributed by atoms with Crippen LogP contribution < -0.4 is 10.6 Å². The Bertz CT molecular complexity index is 1510. The number of rotatable bonds is 3. The number of aromatic nitrogens is 4. The topological polar surface area (TPSA) is 95.1 Å². The second kappa shape index (κ2) is 7.38. The number of hydrogen-bond acceptors (Lipinski definition) is 6. The van der Waals surface area contributed by atoms with Crippen LogP contribution in [0.5, 0.6) is 0 Å². The summed E-state index contributed by atoms with van der Waals surface area (Å²) >= 11 is 6.48. The first kappa shape index (κ1) is 19.9. The SMILES string of the molecule is C=CC(=O)N1CC[C@@H]2[C@H]1CN2c1nc(=O)[nH]c2nc(-c3cncc4cccc(Cl)c34)ccc12. The molecule has 6 rings (SSSR count). The van der Waals surface area contributed by atoms with E-state index in [9.17, 15) is 9.59 Å². The summed E-state index contributed by atoms with van der Waals surface area (Å²) in [5.74, 6) is 0.538. The molecule has 8 nitrogen and oxygen atoms in total. The molecule has 0 unspecified atom stereocenters. The van der Waals surface area contributed by atoms with Crippen molar-refractivity contribution in [2.45, 2.75) is 18.5 Å². The van der Waals surface area contributed by atoms with Gasteiger partial charge in [0.1, 0.15) is 11.5 Å². The van der Waals surface area contributed by atoms with Crippen LogP contribution in [0.25, 0.3) is 33.1 Å². The summed E-state index contributed by atoms with van der Waals surface area (Å²) in [6, 6.07) is 9.72. The first-order valence-electron chi connectivity index (χ1n) is 10.7. The zero-order valence-electron chi connectivity index (χ0n) is 17.5. The fourth-order valence-corrected chi connectivity index (χ4v) is 5.31. The third-order valence-corrected chi connectivity index (χ3v) is 6.92. The summed E-state index contributed by atoms with van der Waals surface area (Å²) in [7, 11) is 0. The van der Waals surface area contributed by atoms with Crippen LogP contribution in [0.3, 0.4) is 0 Å². The Morgan fingerprint density at radius 3 is 2.91 bits per heavy atom. The number of halogens is 1. The average molecular weight is 459 g/mol. The Hall–Kier alpha value is -3.78. The highest BCUT2D eigenvalue weighted by molar-refractivity contribution is 6.36. The lowest BCUT2D eigenvalue weighted by Gasteiger charge is -2.47. The Morgan fingerprint density at radius 2 is 2.06 bits per heavy atom. The van der Waals surface area contributed by atoms with Gasteiger partial charge < -0.3 is 9.80 Å². The lowest BCUT2D eigenvalue weighted by Crippen LogP contribution is -2.63. The summed E-state index contributed by atoms with van der Waals surface area (Å²) in [5.41, 5.74) is 1.44. The number of H-pyrrole nitrogens is 1. The molecule has 33 heavy (non-hydrogen) atoms. The molecule has 2 saturated heterocycles. The van der Waals surface area contributed by atoms with Gasteiger partial charge >= 0.3 is 5.69 Å². The molecule has 9 heteroatoms. The van der Waals surface area contributed by atoms with Gasteiger partial charge in [0.2, 0.25) is 5.91 Å². The fourth-order valence-electron chi connectivity index (χ4n) is 5.03. The van der Waals surface area contributed by atoms with Crippen LogP contribution in [0.1, 0.15) is 6.42 Å². The Balaban J connectivity index is 1.43. The van der Waals surface area contributed by atoms with Crippen molar-refractivity contribution in [1.82, 2.24) is 24.8 Å². The van der Waals surface area contributed by atoms with E-state index >= 15 is 0 Å². The van der Waals surface area contributed by atoms with E-state index in [2.05, 4.69) is 26.4 Å². The number of hydrogen-bond donors (Lipinski definition) is 1. The highest BCUT2D eigenvalue weighted by atomic mass is 35.5. The molecule has 0 bridgehead atoms. The maximum Gasteiger partial charge on any atom is 0.348 e. The molecule has 0 saturated carbocycles. The summed E-state index contributed by atoms with van der Waals surface area (Å²) in [4.78, 5) is 44.6. The first-order valence-corrected chi connectivity index (χ1v) is 11.1. The number of benzene rings is 1. The van der Waals surface area contributed by atoms with E-state index < -0.39 is 5.69 Å². The van der Waals surface area contributed by atoms with Crippen molar-refractivity contribution in [3.8, 4) is 11.3 Å². The Kier molecular flexibility index (Phi) is 4.45. The van der Waals surface area contributed by atoms with Crippen LogP contribution in [0.4, 0.5) is 5.82 Å². The predicted octanol–water partition coefficient (Wildman–Crippen LogP) is 3.16. The van der Waals surface area contributed by atoms with E-state index in [-0.39, 0.29) is 18.0 Å². The Morgan fingerprint density at radius 1 is 1.18 bits per heavy atom. The minimum atomic E-state index is -0.461. The largest absolute Gasteiger partial charge is 0.348 e. The maximum atomic E-state index is 12.4. The van der Waals surface area contributed by atoms with Crippen LogP contribution in [0.2, 0.25) is 5.02 Å². The number of carbonyl (C=O) groups excluding carboxylic acids is 1. The quantitative estimate of drug-likeness (QED) is 0.474. The van der Waals surface area contributed by atoms with E-state index in [1.165, 1.54) is 6.08 Å². The van der Waals surface area contributed by atoms with E-state index in [1.54, 1.807) is 12.4 Å². The zero-order valence-corrected chi connectivity index (χ0v) is 18.3. The molecule has 5 heterocycles. The average Bonchev–Trinajstić information content (AvgIpc) is 3.13. The number of carbonyl (C=O) groups is 1. The highest BCUT2D eigenvalue weighted by Crippen LogP contribution is 2.38. The first-order chi connectivity index (χ1) is 16.0. The van der Waals surface area contributed by atoms with Crippen molar-refractivity contribution >= 4 is 45.1 Å². The van der Waals surface area contributed by atoms with Crippen molar-refractivity contribution in [1.29, 1.82) is 0 Å². The van der Waals surface area contributed by atoms with E-state index in [1.807, 2.05) is 35.2 Å². The van der Waals surface area contributed by atoms with Crippen molar-refractivity contribution in [2.75, 3.05) is 18.0 Å². The molecule has 0 radical (unpaired) electrons. The molecule has 1 amide bonds. The molecule has 2 fully saturated rings. The lowest BCUT2D eigenvalue weighted by molar-refractivity contribution is -0.127. The molecule has 4 aromatic rings. The number of aromatic amines is 1. The lowest BCUT2D eigenvalue weighted by atomic mass is 9.96. The number of pyridine rings is 2. The van der Waals surface area contributed by atoms with Crippen molar-refractivity contribution in [2.24, 2.45) is 0 Å². The van der Waals surface area contributed by atoms with Gasteiger partial charge in [-0.05, 0) is 30.7 Å². The fraction of sp³-hybridized carbons (Fsp3) is 0.208. The second-order valence-corrected chi connectivity index (χ2v) is 8.70. The minimum absolute atomic E-state index is 0.0560. The standard InChI is InChI=1S/C24H19ClN6O2/c1-2-20(32)30-9-8-18-19(30)12-31(18)23-14-6-7-17(27-22(14)28-24(33)29-23)15-11-26-10-13-4-3-5-16(25)21(13)15/h2-7,10-11,18-19H,1,8-9,12H2,(H,27,28,29,33)/t18-,19-/m1/s1. The van der Waals surface area contributed by atoms with Crippen molar-refractivity contribution < 1.29 is 4.79 Å². The third-order valence-electron chi connectivity index (χ3n) is 6.60. The molecular formula is C24H19ClN6O2. The van der Waals surface area contributed by atoms with Crippen LogP contribution in [-0.4, -0.2) is 55.9 Å². The normalized spacial score (nSPS) is 19.5. The molecule has 1 N–H and O–H groups in total. The predicted molar refractivity (Wildman–Crippen MR) is 127 cm³/mol. The van der Waals surface area contributed by atoms with Gasteiger partial charge in [-0.25, -0.2) is 9.78 Å². The van der Waals surface area contributed by atoms with Gasteiger partial charge in [-0.1, -0.05) is 30.3 Å². The molecule has 2 aliphatic heterocycles. The van der Waals surface area contributed by atoms with Gasteiger partial charge in [-0.3, -0.25) is 14.8 Å². The summed E-state index contributed by atoms with van der Waals surface area (Å²) in [5, 5.41) is 3.14. The van der Waals surface area contributed by atoms with E-state index in [4.69, 9.17) is 16.6 Å². The van der Waals surface area contributed by atoms with Gasteiger partial charge in [0.15, 0.2) is 0 Å².